The van der Waals surface area contributed by atoms with E-state index in [2.05, 4.69) is 15.3 Å². The first-order valence-electron chi connectivity index (χ1n) is 9.72. The van der Waals surface area contributed by atoms with Gasteiger partial charge < -0.3 is 10.4 Å². The third kappa shape index (κ3) is 4.61. The maximum atomic E-state index is 13.3. The number of benzene rings is 2. The molecule has 0 fully saturated rings. The summed E-state index contributed by atoms with van der Waals surface area (Å²) in [5, 5.41) is 13.8. The fourth-order valence-corrected chi connectivity index (χ4v) is 4.41. The van der Waals surface area contributed by atoms with Gasteiger partial charge in [-0.25, -0.2) is 9.97 Å². The van der Waals surface area contributed by atoms with Crippen molar-refractivity contribution in [1.82, 2.24) is 14.9 Å². The monoisotopic (exact) mass is 466 g/mol. The van der Waals surface area contributed by atoms with E-state index in [1.165, 1.54) is 18.2 Å². The number of nitrogens with zero attached hydrogens (tertiary/aromatic N) is 3. The summed E-state index contributed by atoms with van der Waals surface area (Å²) in [6, 6.07) is 15.5. The molecule has 1 aromatic heterocycles. The zero-order chi connectivity index (χ0) is 22.8. The lowest BCUT2D eigenvalue weighted by Gasteiger charge is -2.15. The van der Waals surface area contributed by atoms with Crippen LogP contribution in [0.2, 0.25) is 5.02 Å². The second kappa shape index (κ2) is 9.02. The average molecular weight is 467 g/mol. The van der Waals surface area contributed by atoms with E-state index in [1.54, 1.807) is 0 Å². The average Bonchev–Trinajstić information content (AvgIpc) is 2.95. The molecule has 0 spiro atoms. The van der Waals surface area contributed by atoms with Crippen LogP contribution < -0.4 is 5.32 Å². The van der Waals surface area contributed by atoms with Crippen LogP contribution in [0.15, 0.2) is 70.4 Å². The fourth-order valence-electron chi connectivity index (χ4n) is 3.24. The lowest BCUT2D eigenvalue weighted by atomic mass is 10.2. The van der Waals surface area contributed by atoms with Gasteiger partial charge in [0.25, 0.3) is 11.8 Å². The molecule has 0 saturated heterocycles. The zero-order valence-electron chi connectivity index (χ0n) is 17.3. The molecule has 0 aliphatic carbocycles. The van der Waals surface area contributed by atoms with Crippen molar-refractivity contribution in [2.24, 2.45) is 0 Å². The number of carbonyl (C=O) groups is 2. The first-order chi connectivity index (χ1) is 15.3. The Bertz CT molecular complexity index is 1230. The number of thioether (sulfide) groups is 1. The minimum absolute atomic E-state index is 0.0382. The Balaban J connectivity index is 1.73. The van der Waals surface area contributed by atoms with Crippen LogP contribution in [-0.2, 0) is 16.1 Å². The Hall–Kier alpha value is -3.36. The van der Waals surface area contributed by atoms with Crippen LogP contribution in [0.1, 0.15) is 17.0 Å². The summed E-state index contributed by atoms with van der Waals surface area (Å²) >= 11 is 7.06. The van der Waals surface area contributed by atoms with Crippen LogP contribution in [0.5, 0.6) is 5.75 Å². The topological polar surface area (TPSA) is 95.4 Å². The Morgan fingerprint density at radius 3 is 2.38 bits per heavy atom. The number of anilines is 1. The van der Waals surface area contributed by atoms with Gasteiger partial charge in [-0.3, -0.25) is 14.5 Å². The van der Waals surface area contributed by atoms with E-state index in [1.807, 2.05) is 50.2 Å². The van der Waals surface area contributed by atoms with Crippen molar-refractivity contribution >= 4 is 40.9 Å². The second-order valence-electron chi connectivity index (χ2n) is 7.21. The molecule has 0 atom stereocenters. The molecule has 1 aliphatic rings. The number of halogens is 1. The Morgan fingerprint density at radius 1 is 1.00 bits per heavy atom. The van der Waals surface area contributed by atoms with Gasteiger partial charge in [0.15, 0.2) is 5.16 Å². The van der Waals surface area contributed by atoms with Gasteiger partial charge in [-0.2, -0.15) is 0 Å². The van der Waals surface area contributed by atoms with Crippen molar-refractivity contribution in [1.29, 1.82) is 0 Å². The number of hydrogen-bond donors (Lipinski definition) is 2. The van der Waals surface area contributed by atoms with Crippen LogP contribution in [0.3, 0.4) is 0 Å². The predicted molar refractivity (Wildman–Crippen MR) is 123 cm³/mol. The first-order valence-corrected chi connectivity index (χ1v) is 10.9. The standard InChI is InChI=1S/C23H19ClN4O3S/c1-13-10-14(2)26-23(25-13)32-20-19(27-17-11-16(24)8-9-18(17)29)21(30)28(22(20)31)12-15-6-4-3-5-7-15/h3-11,27,29H,12H2,1-2H3. The highest BCUT2D eigenvalue weighted by atomic mass is 35.5. The molecule has 9 heteroatoms. The molecule has 1 aliphatic heterocycles. The van der Waals surface area contributed by atoms with Crippen molar-refractivity contribution in [3.05, 3.63) is 87.2 Å². The Morgan fingerprint density at radius 2 is 1.69 bits per heavy atom. The normalized spacial score (nSPS) is 13.8. The first kappa shape index (κ1) is 21.9. The lowest BCUT2D eigenvalue weighted by molar-refractivity contribution is -0.137. The van der Waals surface area contributed by atoms with Crippen molar-refractivity contribution in [2.75, 3.05) is 5.32 Å². The number of nitrogens with one attached hydrogen (secondary N) is 1. The van der Waals surface area contributed by atoms with Crippen LogP contribution in [0.25, 0.3) is 0 Å². The minimum Gasteiger partial charge on any atom is -0.506 e. The van der Waals surface area contributed by atoms with E-state index >= 15 is 0 Å². The van der Waals surface area contributed by atoms with E-state index in [-0.39, 0.29) is 28.6 Å². The van der Waals surface area contributed by atoms with E-state index < -0.39 is 11.8 Å². The van der Waals surface area contributed by atoms with E-state index in [0.29, 0.717) is 10.2 Å². The molecule has 2 amide bonds. The summed E-state index contributed by atoms with van der Waals surface area (Å²) in [6.07, 6.45) is 0. The van der Waals surface area contributed by atoms with Crippen molar-refractivity contribution in [3.8, 4) is 5.75 Å². The smallest absolute Gasteiger partial charge is 0.278 e. The summed E-state index contributed by atoms with van der Waals surface area (Å²) in [7, 11) is 0. The highest BCUT2D eigenvalue weighted by Gasteiger charge is 2.40. The quantitative estimate of drug-likeness (QED) is 0.315. The number of aryl methyl sites for hydroxylation is 2. The third-order valence-corrected chi connectivity index (χ3v) is 5.87. The highest BCUT2D eigenvalue weighted by molar-refractivity contribution is 8.04. The maximum absolute atomic E-state index is 13.3. The summed E-state index contributed by atoms with van der Waals surface area (Å²) < 4.78 is 0. The molecule has 0 saturated carbocycles. The SMILES string of the molecule is Cc1cc(C)nc(SC2=C(Nc3cc(Cl)ccc3O)C(=O)N(Cc3ccccc3)C2=O)n1. The number of imide groups is 1. The zero-order valence-corrected chi connectivity index (χ0v) is 18.9. The number of carbonyl (C=O) groups excluding carboxylic acids is 2. The Kier molecular flexibility index (Phi) is 6.16. The minimum atomic E-state index is -0.509. The maximum Gasteiger partial charge on any atom is 0.278 e. The molecule has 4 rings (SSSR count). The number of phenols is 1. The van der Waals surface area contributed by atoms with E-state index in [0.717, 1.165) is 33.6 Å². The molecule has 3 aromatic rings. The van der Waals surface area contributed by atoms with Gasteiger partial charge in [0, 0.05) is 16.4 Å². The number of rotatable bonds is 6. The van der Waals surface area contributed by atoms with Gasteiger partial charge in [0.05, 0.1) is 12.2 Å². The number of phenolic OH excluding ortho intramolecular Hbond substituents is 1. The van der Waals surface area contributed by atoms with Gasteiger partial charge in [0.1, 0.15) is 16.4 Å². The van der Waals surface area contributed by atoms with E-state index in [9.17, 15) is 14.7 Å². The van der Waals surface area contributed by atoms with Crippen molar-refractivity contribution in [2.45, 2.75) is 25.5 Å². The molecule has 7 nitrogen and oxygen atoms in total. The predicted octanol–water partition coefficient (Wildman–Crippen LogP) is 4.44. The fraction of sp³-hybridized carbons (Fsp3) is 0.130. The van der Waals surface area contributed by atoms with Crippen LogP contribution >= 0.6 is 23.4 Å². The van der Waals surface area contributed by atoms with Crippen molar-refractivity contribution < 1.29 is 14.7 Å². The summed E-state index contributed by atoms with van der Waals surface area (Å²) in [4.78, 5) is 36.6. The summed E-state index contributed by atoms with van der Waals surface area (Å²) in [5.41, 5.74) is 2.57. The van der Waals surface area contributed by atoms with Gasteiger partial charge in [-0.15, -0.1) is 0 Å². The highest BCUT2D eigenvalue weighted by Crippen LogP contribution is 2.37. The van der Waals surface area contributed by atoms with Crippen LogP contribution in [0.4, 0.5) is 5.69 Å². The van der Waals surface area contributed by atoms with Gasteiger partial charge >= 0.3 is 0 Å². The lowest BCUT2D eigenvalue weighted by Crippen LogP contribution is -2.31. The second-order valence-corrected chi connectivity index (χ2v) is 8.62. The number of amides is 2. The molecule has 0 radical (unpaired) electrons. The van der Waals surface area contributed by atoms with Crippen molar-refractivity contribution in [3.63, 3.8) is 0 Å². The molecular weight excluding hydrogens is 448 g/mol. The number of aromatic hydroxyl groups is 1. The Labute approximate surface area is 194 Å². The van der Waals surface area contributed by atoms with Gasteiger partial charge in [-0.1, -0.05) is 41.9 Å². The third-order valence-electron chi connectivity index (χ3n) is 4.68. The molecule has 2 aromatic carbocycles. The molecule has 2 N–H and O–H groups in total. The largest absolute Gasteiger partial charge is 0.506 e. The van der Waals surface area contributed by atoms with Crippen LogP contribution in [0, 0.1) is 13.8 Å². The summed E-state index contributed by atoms with van der Waals surface area (Å²) in [6.45, 7) is 3.78. The number of aromatic nitrogens is 2. The molecule has 162 valence electrons. The molecule has 0 bridgehead atoms. The molecule has 0 unspecified atom stereocenters. The summed E-state index contributed by atoms with van der Waals surface area (Å²) in [5.74, 6) is -1.07. The van der Waals surface area contributed by atoms with Gasteiger partial charge in [-0.05, 0) is 55.4 Å². The van der Waals surface area contributed by atoms with Gasteiger partial charge in [0.2, 0.25) is 0 Å². The molecular formula is C23H19ClN4O3S. The van der Waals surface area contributed by atoms with E-state index in [4.69, 9.17) is 11.6 Å². The number of hydrogen-bond acceptors (Lipinski definition) is 7. The molecule has 32 heavy (non-hydrogen) atoms. The molecule has 2 heterocycles. The van der Waals surface area contributed by atoms with Crippen LogP contribution in [-0.4, -0.2) is 31.8 Å².